The Morgan fingerprint density at radius 2 is 1.89 bits per heavy atom. The standard InChI is InChI=1S/C26H19IN6O2/c27-25-31-22(20-14-30-33-23(20)32-25)21-10-19(7-9-29-21)26(11-17-6-8-28-13-18(17)12-26)24(34)35-15-16-4-2-1-3-5-16/h1-10,13-14H,11-12,15H2,(H,30,31,32,33). The zero-order valence-corrected chi connectivity index (χ0v) is 20.6. The van der Waals surface area contributed by atoms with Crippen molar-refractivity contribution in [2.75, 3.05) is 0 Å². The average molecular weight is 574 g/mol. The number of fused-ring (bicyclic) bond motifs is 2. The molecule has 9 heteroatoms. The van der Waals surface area contributed by atoms with Crippen LogP contribution in [0.15, 0.2) is 73.3 Å². The van der Waals surface area contributed by atoms with E-state index in [1.807, 2.05) is 54.7 Å². The number of ether oxygens (including phenoxy) is 1. The SMILES string of the molecule is O=C(OCc1ccccc1)C1(c2ccnc(-c3nc(I)nc4[nH]ncc34)c2)Cc2ccncc2C1. The van der Waals surface area contributed by atoms with Gasteiger partial charge in [-0.15, -0.1) is 0 Å². The summed E-state index contributed by atoms with van der Waals surface area (Å²) in [6, 6.07) is 15.5. The molecule has 0 aliphatic heterocycles. The molecule has 1 N–H and O–H groups in total. The van der Waals surface area contributed by atoms with E-state index in [4.69, 9.17) is 4.74 Å². The summed E-state index contributed by atoms with van der Waals surface area (Å²) in [6.45, 7) is 0.216. The number of pyridine rings is 2. The zero-order chi connectivity index (χ0) is 23.8. The number of rotatable bonds is 5. The normalized spacial score (nSPS) is 16.8. The lowest BCUT2D eigenvalue weighted by Crippen LogP contribution is -2.38. The lowest BCUT2D eigenvalue weighted by atomic mass is 9.77. The van der Waals surface area contributed by atoms with Crippen molar-refractivity contribution in [1.82, 2.24) is 30.1 Å². The molecule has 0 saturated carbocycles. The van der Waals surface area contributed by atoms with Crippen LogP contribution >= 0.6 is 22.6 Å². The molecule has 0 radical (unpaired) electrons. The molecular formula is C26H19IN6O2. The lowest BCUT2D eigenvalue weighted by Gasteiger charge is -2.27. The maximum absolute atomic E-state index is 13.8. The van der Waals surface area contributed by atoms with E-state index >= 15 is 0 Å². The van der Waals surface area contributed by atoms with Crippen LogP contribution in [0.3, 0.4) is 0 Å². The van der Waals surface area contributed by atoms with Crippen LogP contribution in [0.25, 0.3) is 22.4 Å². The minimum absolute atomic E-state index is 0.216. The molecule has 1 aromatic carbocycles. The highest BCUT2D eigenvalue weighted by molar-refractivity contribution is 14.1. The Hall–Kier alpha value is -3.73. The van der Waals surface area contributed by atoms with Crippen molar-refractivity contribution in [1.29, 1.82) is 0 Å². The molecule has 0 bridgehead atoms. The number of aromatic amines is 1. The third-order valence-electron chi connectivity index (χ3n) is 6.43. The Labute approximate surface area is 214 Å². The molecule has 1 aliphatic carbocycles. The summed E-state index contributed by atoms with van der Waals surface area (Å²) < 4.78 is 6.48. The van der Waals surface area contributed by atoms with Gasteiger partial charge in [0, 0.05) is 41.2 Å². The van der Waals surface area contributed by atoms with Gasteiger partial charge in [-0.25, -0.2) is 9.97 Å². The molecule has 0 fully saturated rings. The summed E-state index contributed by atoms with van der Waals surface area (Å²) in [5.74, 6) is -0.263. The number of esters is 1. The Morgan fingerprint density at radius 3 is 2.74 bits per heavy atom. The number of nitrogens with one attached hydrogen (secondary N) is 1. The molecule has 172 valence electrons. The number of carbonyl (C=O) groups excluding carboxylic acids is 1. The average Bonchev–Trinajstić information content (AvgIpc) is 3.53. The van der Waals surface area contributed by atoms with Crippen LogP contribution < -0.4 is 0 Å². The fourth-order valence-corrected chi connectivity index (χ4v) is 5.17. The smallest absolute Gasteiger partial charge is 0.317 e. The molecule has 1 unspecified atom stereocenters. The van der Waals surface area contributed by atoms with Gasteiger partial charge in [-0.05, 0) is 53.3 Å². The summed E-state index contributed by atoms with van der Waals surface area (Å²) in [4.78, 5) is 31.7. The number of hydrogen-bond acceptors (Lipinski definition) is 7. The zero-order valence-electron chi connectivity index (χ0n) is 18.5. The number of aromatic nitrogens is 6. The number of benzene rings is 1. The van der Waals surface area contributed by atoms with Crippen LogP contribution in [-0.2, 0) is 34.4 Å². The van der Waals surface area contributed by atoms with E-state index in [-0.39, 0.29) is 12.6 Å². The molecule has 6 rings (SSSR count). The van der Waals surface area contributed by atoms with Crippen molar-refractivity contribution in [3.05, 3.63) is 99.4 Å². The van der Waals surface area contributed by atoms with Gasteiger partial charge < -0.3 is 4.74 Å². The Morgan fingerprint density at radius 1 is 1.03 bits per heavy atom. The van der Waals surface area contributed by atoms with Crippen LogP contribution in [-0.4, -0.2) is 36.1 Å². The number of halogens is 1. The number of hydrogen-bond donors (Lipinski definition) is 1. The van der Waals surface area contributed by atoms with Crippen molar-refractivity contribution in [2.24, 2.45) is 0 Å². The largest absolute Gasteiger partial charge is 0.460 e. The third kappa shape index (κ3) is 3.95. The lowest BCUT2D eigenvalue weighted by molar-refractivity contribution is -0.151. The predicted octanol–water partition coefficient (Wildman–Crippen LogP) is 4.19. The van der Waals surface area contributed by atoms with E-state index in [1.165, 1.54) is 0 Å². The monoisotopic (exact) mass is 574 g/mol. The first-order chi connectivity index (χ1) is 17.1. The fourth-order valence-electron chi connectivity index (χ4n) is 4.69. The fraction of sp³-hybridized carbons (Fsp3) is 0.154. The van der Waals surface area contributed by atoms with Gasteiger partial charge in [0.15, 0.2) is 9.48 Å². The van der Waals surface area contributed by atoms with Crippen LogP contribution in [0.4, 0.5) is 0 Å². The molecule has 35 heavy (non-hydrogen) atoms. The van der Waals surface area contributed by atoms with Crippen molar-refractivity contribution in [3.8, 4) is 11.4 Å². The molecule has 0 amide bonds. The highest BCUT2D eigenvalue weighted by Gasteiger charge is 2.47. The predicted molar refractivity (Wildman–Crippen MR) is 137 cm³/mol. The molecule has 5 aromatic rings. The molecule has 0 saturated heterocycles. The summed E-state index contributed by atoms with van der Waals surface area (Å²) in [5, 5.41) is 7.78. The molecule has 1 aliphatic rings. The highest BCUT2D eigenvalue weighted by atomic mass is 127. The number of H-pyrrole nitrogens is 1. The van der Waals surface area contributed by atoms with Gasteiger partial charge in [0.1, 0.15) is 17.7 Å². The van der Waals surface area contributed by atoms with E-state index in [9.17, 15) is 4.79 Å². The molecule has 0 spiro atoms. The number of carbonyl (C=O) groups is 1. The Balaban J connectivity index is 1.42. The van der Waals surface area contributed by atoms with Crippen molar-refractivity contribution >= 4 is 39.6 Å². The van der Waals surface area contributed by atoms with Crippen molar-refractivity contribution in [3.63, 3.8) is 0 Å². The van der Waals surface area contributed by atoms with E-state index in [0.717, 1.165) is 27.6 Å². The summed E-state index contributed by atoms with van der Waals surface area (Å²) >= 11 is 2.08. The van der Waals surface area contributed by atoms with Crippen LogP contribution in [0, 0.1) is 3.83 Å². The van der Waals surface area contributed by atoms with Crippen LogP contribution in [0.5, 0.6) is 0 Å². The first-order valence-electron chi connectivity index (χ1n) is 11.1. The molecule has 1 atom stereocenters. The van der Waals surface area contributed by atoms with Crippen LogP contribution in [0.2, 0.25) is 0 Å². The minimum Gasteiger partial charge on any atom is -0.460 e. The van der Waals surface area contributed by atoms with Gasteiger partial charge in [-0.3, -0.25) is 19.9 Å². The topological polar surface area (TPSA) is 107 Å². The second kappa shape index (κ2) is 8.81. The van der Waals surface area contributed by atoms with Crippen molar-refractivity contribution in [2.45, 2.75) is 24.9 Å². The molecule has 8 nitrogen and oxygen atoms in total. The second-order valence-corrected chi connectivity index (χ2v) is 9.51. The summed E-state index contributed by atoms with van der Waals surface area (Å²) in [6.07, 6.45) is 8.06. The maximum atomic E-state index is 13.8. The van der Waals surface area contributed by atoms with Gasteiger partial charge in [-0.2, -0.15) is 5.10 Å². The van der Waals surface area contributed by atoms with Crippen LogP contribution in [0.1, 0.15) is 22.3 Å². The Bertz CT molecular complexity index is 1530. The first kappa shape index (κ1) is 21.8. The Kier molecular flexibility index (Phi) is 5.48. The minimum atomic E-state index is -0.881. The van der Waals surface area contributed by atoms with E-state index in [1.54, 1.807) is 18.6 Å². The van der Waals surface area contributed by atoms with E-state index in [0.29, 0.717) is 33.7 Å². The summed E-state index contributed by atoms with van der Waals surface area (Å²) in [7, 11) is 0. The summed E-state index contributed by atoms with van der Waals surface area (Å²) in [5.41, 5.74) is 5.01. The molecular weight excluding hydrogens is 555 g/mol. The highest BCUT2D eigenvalue weighted by Crippen LogP contribution is 2.42. The quantitative estimate of drug-likeness (QED) is 0.191. The van der Waals surface area contributed by atoms with Gasteiger partial charge in [0.25, 0.3) is 0 Å². The molecule has 4 heterocycles. The van der Waals surface area contributed by atoms with Gasteiger partial charge >= 0.3 is 5.97 Å². The van der Waals surface area contributed by atoms with Crippen molar-refractivity contribution < 1.29 is 9.53 Å². The van der Waals surface area contributed by atoms with E-state index in [2.05, 4.69) is 52.7 Å². The molecule has 4 aromatic heterocycles. The van der Waals surface area contributed by atoms with E-state index < -0.39 is 5.41 Å². The van der Waals surface area contributed by atoms with Gasteiger partial charge in [0.2, 0.25) is 0 Å². The van der Waals surface area contributed by atoms with Gasteiger partial charge in [-0.1, -0.05) is 30.3 Å². The third-order valence-corrected chi connectivity index (χ3v) is 6.91. The maximum Gasteiger partial charge on any atom is 0.317 e. The van der Waals surface area contributed by atoms with Gasteiger partial charge in [0.05, 0.1) is 17.3 Å². The number of nitrogens with zero attached hydrogens (tertiary/aromatic N) is 5. The second-order valence-electron chi connectivity index (χ2n) is 8.55. The first-order valence-corrected chi connectivity index (χ1v) is 12.2.